The predicted octanol–water partition coefficient (Wildman–Crippen LogP) is 3.36. The monoisotopic (exact) mass is 325 g/mol. The third-order valence-corrected chi connectivity index (χ3v) is 3.89. The normalized spacial score (nSPS) is 10.4. The second-order valence-corrected chi connectivity index (χ2v) is 5.81. The Morgan fingerprint density at radius 2 is 2.17 bits per heavy atom. The van der Waals surface area contributed by atoms with E-state index in [0.29, 0.717) is 17.1 Å². The van der Waals surface area contributed by atoms with Crippen LogP contribution >= 0.6 is 27.3 Å². The van der Waals surface area contributed by atoms with Gasteiger partial charge in [0.15, 0.2) is 0 Å². The first-order valence-corrected chi connectivity index (χ1v) is 6.93. The van der Waals surface area contributed by atoms with E-state index in [4.69, 9.17) is 5.73 Å². The number of carbonyl (C=O) groups is 1. The van der Waals surface area contributed by atoms with Gasteiger partial charge in [-0.25, -0.2) is 4.98 Å². The largest absolute Gasteiger partial charge is 0.398 e. The molecule has 94 valence electrons. The average molecular weight is 326 g/mol. The molecular weight excluding hydrogens is 314 g/mol. The third-order valence-electron chi connectivity index (χ3n) is 2.46. The lowest BCUT2D eigenvalue weighted by Crippen LogP contribution is -2.13. The Hall–Kier alpha value is -1.40. The molecule has 0 aliphatic heterocycles. The summed E-state index contributed by atoms with van der Waals surface area (Å²) in [6, 6.07) is 3.60. The van der Waals surface area contributed by atoms with E-state index in [-0.39, 0.29) is 5.91 Å². The fourth-order valence-electron chi connectivity index (χ4n) is 1.44. The standard InChI is InChI=1S/C12H12BrN3OS/c1-6-3-8(13)10(4-9(6)14)16-12(17)11-5-18-7(2)15-11/h3-5H,14H2,1-2H3,(H,16,17). The topological polar surface area (TPSA) is 68.0 Å². The van der Waals surface area contributed by atoms with Crippen LogP contribution in [0.4, 0.5) is 11.4 Å². The van der Waals surface area contributed by atoms with Crippen molar-refractivity contribution in [3.8, 4) is 0 Å². The lowest BCUT2D eigenvalue weighted by Gasteiger charge is -2.09. The molecule has 1 heterocycles. The lowest BCUT2D eigenvalue weighted by atomic mass is 10.2. The van der Waals surface area contributed by atoms with Gasteiger partial charge < -0.3 is 11.1 Å². The van der Waals surface area contributed by atoms with Gasteiger partial charge in [-0.1, -0.05) is 0 Å². The first-order chi connectivity index (χ1) is 8.47. The summed E-state index contributed by atoms with van der Waals surface area (Å²) in [5.74, 6) is -0.233. The second-order valence-electron chi connectivity index (χ2n) is 3.89. The maximum Gasteiger partial charge on any atom is 0.275 e. The molecule has 3 N–H and O–H groups in total. The second kappa shape index (κ2) is 5.07. The van der Waals surface area contributed by atoms with Crippen LogP contribution in [0.2, 0.25) is 0 Å². The number of nitrogen functional groups attached to an aromatic ring is 1. The molecule has 0 saturated carbocycles. The number of nitrogens with two attached hydrogens (primary N) is 1. The third kappa shape index (κ3) is 2.70. The Balaban J connectivity index is 2.24. The number of benzene rings is 1. The van der Waals surface area contributed by atoms with Gasteiger partial charge in [0.1, 0.15) is 5.69 Å². The molecule has 6 heteroatoms. The number of hydrogen-bond donors (Lipinski definition) is 2. The highest BCUT2D eigenvalue weighted by Crippen LogP contribution is 2.28. The van der Waals surface area contributed by atoms with Gasteiger partial charge in [-0.2, -0.15) is 0 Å². The average Bonchev–Trinajstić information content (AvgIpc) is 2.73. The number of anilines is 2. The maximum atomic E-state index is 11.9. The highest BCUT2D eigenvalue weighted by molar-refractivity contribution is 9.10. The molecule has 1 aromatic carbocycles. The van der Waals surface area contributed by atoms with Gasteiger partial charge in [0, 0.05) is 15.5 Å². The molecule has 2 aromatic rings. The van der Waals surface area contributed by atoms with E-state index in [1.165, 1.54) is 11.3 Å². The lowest BCUT2D eigenvalue weighted by molar-refractivity contribution is 0.102. The van der Waals surface area contributed by atoms with Crippen LogP contribution in [0.1, 0.15) is 21.1 Å². The Kier molecular flexibility index (Phi) is 3.68. The summed E-state index contributed by atoms with van der Waals surface area (Å²) < 4.78 is 0.800. The number of aryl methyl sites for hydroxylation is 2. The van der Waals surface area contributed by atoms with Gasteiger partial charge in [-0.05, 0) is 47.5 Å². The molecule has 0 saturated heterocycles. The summed E-state index contributed by atoms with van der Waals surface area (Å²) in [5, 5.41) is 5.38. The number of nitrogens with zero attached hydrogens (tertiary/aromatic N) is 1. The Bertz CT molecular complexity index is 609. The summed E-state index contributed by atoms with van der Waals surface area (Å²) in [6.07, 6.45) is 0. The highest BCUT2D eigenvalue weighted by atomic mass is 79.9. The van der Waals surface area contributed by atoms with Crippen molar-refractivity contribution < 1.29 is 4.79 Å². The van der Waals surface area contributed by atoms with Crippen molar-refractivity contribution in [2.45, 2.75) is 13.8 Å². The molecule has 0 unspecified atom stereocenters. The van der Waals surface area contributed by atoms with Crippen LogP contribution in [-0.2, 0) is 0 Å². The highest BCUT2D eigenvalue weighted by Gasteiger charge is 2.12. The molecule has 0 fully saturated rings. The SMILES string of the molecule is Cc1nc(C(=O)Nc2cc(N)c(C)cc2Br)cs1. The molecule has 4 nitrogen and oxygen atoms in total. The molecule has 0 bridgehead atoms. The number of carbonyl (C=O) groups excluding carboxylic acids is 1. The van der Waals surface area contributed by atoms with E-state index < -0.39 is 0 Å². The van der Waals surface area contributed by atoms with Gasteiger partial charge in [0.25, 0.3) is 5.91 Å². The van der Waals surface area contributed by atoms with Crippen LogP contribution in [0.3, 0.4) is 0 Å². The van der Waals surface area contributed by atoms with Crippen LogP contribution in [0.5, 0.6) is 0 Å². The summed E-state index contributed by atoms with van der Waals surface area (Å²) in [6.45, 7) is 3.77. The van der Waals surface area contributed by atoms with Crippen molar-refractivity contribution in [2.24, 2.45) is 0 Å². The fourth-order valence-corrected chi connectivity index (χ4v) is 2.59. The molecular formula is C12H12BrN3OS. The van der Waals surface area contributed by atoms with Crippen molar-refractivity contribution in [3.05, 3.63) is 38.3 Å². The van der Waals surface area contributed by atoms with Crippen molar-refractivity contribution in [2.75, 3.05) is 11.1 Å². The first kappa shape index (κ1) is 13.0. The number of amides is 1. The molecule has 1 amide bonds. The van der Waals surface area contributed by atoms with Gasteiger partial charge in [-0.3, -0.25) is 4.79 Å². The van der Waals surface area contributed by atoms with Crippen molar-refractivity contribution in [1.29, 1.82) is 0 Å². The number of nitrogens with one attached hydrogen (secondary N) is 1. The Morgan fingerprint density at radius 1 is 1.44 bits per heavy atom. The first-order valence-electron chi connectivity index (χ1n) is 5.26. The number of aromatic nitrogens is 1. The summed E-state index contributed by atoms with van der Waals surface area (Å²) in [5.41, 5.74) is 8.49. The van der Waals surface area contributed by atoms with Crippen LogP contribution < -0.4 is 11.1 Å². The zero-order valence-electron chi connectivity index (χ0n) is 9.95. The summed E-state index contributed by atoms with van der Waals surface area (Å²) >= 11 is 4.84. The minimum Gasteiger partial charge on any atom is -0.398 e. The van der Waals surface area contributed by atoms with Crippen molar-refractivity contribution in [3.63, 3.8) is 0 Å². The van der Waals surface area contributed by atoms with E-state index >= 15 is 0 Å². The molecule has 1 aromatic heterocycles. The van der Waals surface area contributed by atoms with Crippen LogP contribution in [0.25, 0.3) is 0 Å². The molecule has 0 aliphatic rings. The zero-order chi connectivity index (χ0) is 13.3. The van der Waals surface area contributed by atoms with Crippen LogP contribution in [0, 0.1) is 13.8 Å². The zero-order valence-corrected chi connectivity index (χ0v) is 12.4. The van der Waals surface area contributed by atoms with E-state index in [2.05, 4.69) is 26.2 Å². The van der Waals surface area contributed by atoms with E-state index in [1.54, 1.807) is 11.4 Å². The summed E-state index contributed by atoms with van der Waals surface area (Å²) in [4.78, 5) is 16.1. The quantitative estimate of drug-likeness (QED) is 0.832. The smallest absolute Gasteiger partial charge is 0.275 e. The molecule has 0 atom stereocenters. The Labute approximate surface area is 117 Å². The molecule has 0 radical (unpaired) electrons. The summed E-state index contributed by atoms with van der Waals surface area (Å²) in [7, 11) is 0. The molecule has 18 heavy (non-hydrogen) atoms. The van der Waals surface area contributed by atoms with E-state index in [1.807, 2.05) is 19.9 Å². The number of halogens is 1. The number of thiazole rings is 1. The maximum absolute atomic E-state index is 11.9. The number of rotatable bonds is 2. The van der Waals surface area contributed by atoms with Crippen molar-refractivity contribution in [1.82, 2.24) is 4.98 Å². The minimum atomic E-state index is -0.233. The Morgan fingerprint density at radius 3 is 2.78 bits per heavy atom. The van der Waals surface area contributed by atoms with E-state index in [9.17, 15) is 4.79 Å². The van der Waals surface area contributed by atoms with E-state index in [0.717, 1.165) is 15.0 Å². The van der Waals surface area contributed by atoms with Gasteiger partial charge in [0.2, 0.25) is 0 Å². The van der Waals surface area contributed by atoms with Crippen molar-refractivity contribution >= 4 is 44.5 Å². The minimum absolute atomic E-state index is 0.233. The van der Waals surface area contributed by atoms with Gasteiger partial charge in [-0.15, -0.1) is 11.3 Å². The number of hydrogen-bond acceptors (Lipinski definition) is 4. The van der Waals surface area contributed by atoms with Crippen LogP contribution in [0.15, 0.2) is 22.0 Å². The van der Waals surface area contributed by atoms with Crippen LogP contribution in [-0.4, -0.2) is 10.9 Å². The van der Waals surface area contributed by atoms with Gasteiger partial charge in [0.05, 0.1) is 10.7 Å². The van der Waals surface area contributed by atoms with Gasteiger partial charge >= 0.3 is 0 Å². The molecule has 0 aliphatic carbocycles. The molecule has 0 spiro atoms. The molecule has 2 rings (SSSR count). The fraction of sp³-hybridized carbons (Fsp3) is 0.167. The predicted molar refractivity (Wildman–Crippen MR) is 78.1 cm³/mol.